The Morgan fingerprint density at radius 2 is 1.82 bits per heavy atom. The van der Waals surface area contributed by atoms with E-state index in [1.165, 1.54) is 11.3 Å². The number of anilines is 1. The van der Waals surface area contributed by atoms with Crippen LogP contribution in [0.5, 0.6) is 0 Å². The lowest BCUT2D eigenvalue weighted by Crippen LogP contribution is -2.12. The summed E-state index contributed by atoms with van der Waals surface area (Å²) in [5.41, 5.74) is 2.22. The third-order valence-electron chi connectivity index (χ3n) is 3.14. The first-order valence-electron chi connectivity index (χ1n) is 6.60. The summed E-state index contributed by atoms with van der Waals surface area (Å²) in [7, 11) is 0. The van der Waals surface area contributed by atoms with Crippen molar-refractivity contribution in [2.24, 2.45) is 0 Å². The van der Waals surface area contributed by atoms with Crippen LogP contribution in [0.1, 0.15) is 15.5 Å². The summed E-state index contributed by atoms with van der Waals surface area (Å²) in [5.74, 6) is -0.253. The third-order valence-corrected chi connectivity index (χ3v) is 5.27. The molecule has 3 aromatic heterocycles. The normalized spacial score (nSPS) is 11.1. The van der Waals surface area contributed by atoms with Gasteiger partial charge in [0.15, 0.2) is 5.13 Å². The first kappa shape index (κ1) is 13.3. The Morgan fingerprint density at radius 1 is 1.05 bits per heavy atom. The minimum absolute atomic E-state index is 0.253. The van der Waals surface area contributed by atoms with Gasteiger partial charge < -0.3 is 0 Å². The van der Waals surface area contributed by atoms with E-state index in [-0.39, 0.29) is 5.91 Å². The Hall–Kier alpha value is -2.38. The second-order valence-corrected chi connectivity index (χ2v) is 6.89. The Labute approximate surface area is 133 Å². The number of amides is 1. The van der Waals surface area contributed by atoms with Crippen molar-refractivity contribution in [2.45, 2.75) is 6.92 Å². The van der Waals surface area contributed by atoms with Crippen molar-refractivity contribution < 1.29 is 4.79 Å². The molecule has 0 radical (unpaired) electrons. The van der Waals surface area contributed by atoms with Gasteiger partial charge in [-0.1, -0.05) is 17.4 Å². The smallest absolute Gasteiger partial charge is 0.276 e. The van der Waals surface area contributed by atoms with E-state index in [2.05, 4.69) is 20.3 Å². The Balaban J connectivity index is 1.73. The highest BCUT2D eigenvalue weighted by molar-refractivity contribution is 7.28. The largest absolute Gasteiger partial charge is 0.296 e. The zero-order chi connectivity index (χ0) is 15.1. The molecule has 1 N–H and O–H groups in total. The monoisotopic (exact) mass is 326 g/mol. The molecular weight excluding hydrogens is 316 g/mol. The van der Waals surface area contributed by atoms with Gasteiger partial charge in [-0.25, -0.2) is 9.97 Å². The minimum Gasteiger partial charge on any atom is -0.296 e. The molecule has 22 heavy (non-hydrogen) atoms. The van der Waals surface area contributed by atoms with Crippen molar-refractivity contribution in [3.63, 3.8) is 0 Å². The van der Waals surface area contributed by atoms with Crippen LogP contribution >= 0.6 is 22.7 Å². The third kappa shape index (κ3) is 2.24. The van der Waals surface area contributed by atoms with E-state index < -0.39 is 0 Å². The average molecular weight is 326 g/mol. The van der Waals surface area contributed by atoms with Crippen LogP contribution in [-0.4, -0.2) is 20.9 Å². The fourth-order valence-electron chi connectivity index (χ4n) is 2.20. The van der Waals surface area contributed by atoms with E-state index in [0.717, 1.165) is 25.4 Å². The first-order chi connectivity index (χ1) is 10.7. The van der Waals surface area contributed by atoms with Gasteiger partial charge in [-0.15, -0.1) is 11.3 Å². The number of hydrogen-bond donors (Lipinski definition) is 1. The van der Waals surface area contributed by atoms with Gasteiger partial charge >= 0.3 is 0 Å². The van der Waals surface area contributed by atoms with Crippen molar-refractivity contribution in [3.05, 3.63) is 47.2 Å². The van der Waals surface area contributed by atoms with Crippen molar-refractivity contribution in [1.29, 1.82) is 0 Å². The second kappa shape index (κ2) is 5.11. The van der Waals surface area contributed by atoms with Gasteiger partial charge in [0.2, 0.25) is 0 Å². The number of rotatable bonds is 2. The summed E-state index contributed by atoms with van der Waals surface area (Å²) in [6, 6.07) is 9.13. The van der Waals surface area contributed by atoms with Gasteiger partial charge in [0.1, 0.15) is 5.69 Å². The topological polar surface area (TPSA) is 67.8 Å². The van der Waals surface area contributed by atoms with E-state index in [4.69, 9.17) is 0 Å². The molecule has 0 aliphatic heterocycles. The molecule has 0 saturated heterocycles. The molecule has 5 nitrogen and oxygen atoms in total. The maximum absolute atomic E-state index is 12.1. The zero-order valence-electron chi connectivity index (χ0n) is 11.5. The van der Waals surface area contributed by atoms with Gasteiger partial charge in [0, 0.05) is 6.20 Å². The minimum atomic E-state index is -0.253. The van der Waals surface area contributed by atoms with Gasteiger partial charge in [0.05, 0.1) is 25.4 Å². The number of carbonyl (C=O) groups is 1. The van der Waals surface area contributed by atoms with Crippen LogP contribution in [-0.2, 0) is 0 Å². The van der Waals surface area contributed by atoms with E-state index in [0.29, 0.717) is 10.8 Å². The van der Waals surface area contributed by atoms with Crippen molar-refractivity contribution in [1.82, 2.24) is 15.0 Å². The molecule has 0 aliphatic rings. The SMILES string of the molecule is Cc1nc2ccc3nc(NC(=O)c4ccccn4)sc3c2s1. The standard InChI is InChI=1S/C15H10N4OS2/c1-8-17-9-5-6-10-13(12(9)21-8)22-15(18-10)19-14(20)11-4-2-3-7-16-11/h2-7H,1H3,(H,18,19,20). The highest BCUT2D eigenvalue weighted by Crippen LogP contribution is 2.35. The van der Waals surface area contributed by atoms with Crippen molar-refractivity contribution in [2.75, 3.05) is 5.32 Å². The van der Waals surface area contributed by atoms with Crippen molar-refractivity contribution in [3.8, 4) is 0 Å². The van der Waals surface area contributed by atoms with Gasteiger partial charge in [-0.3, -0.25) is 15.1 Å². The first-order valence-corrected chi connectivity index (χ1v) is 8.23. The summed E-state index contributed by atoms with van der Waals surface area (Å²) >= 11 is 3.11. The summed E-state index contributed by atoms with van der Waals surface area (Å²) in [6.07, 6.45) is 1.59. The molecule has 4 aromatic rings. The summed E-state index contributed by atoms with van der Waals surface area (Å²) in [4.78, 5) is 25.1. The molecule has 0 saturated carbocycles. The van der Waals surface area contributed by atoms with E-state index in [1.807, 2.05) is 19.1 Å². The average Bonchev–Trinajstić information content (AvgIpc) is 3.09. The number of aryl methyl sites for hydroxylation is 1. The highest BCUT2D eigenvalue weighted by Gasteiger charge is 2.13. The van der Waals surface area contributed by atoms with Crippen LogP contribution in [0.4, 0.5) is 5.13 Å². The number of nitrogens with zero attached hydrogens (tertiary/aromatic N) is 3. The van der Waals surface area contributed by atoms with Crippen LogP contribution in [0.3, 0.4) is 0 Å². The number of nitrogens with one attached hydrogen (secondary N) is 1. The number of pyridine rings is 1. The zero-order valence-corrected chi connectivity index (χ0v) is 13.2. The maximum Gasteiger partial charge on any atom is 0.276 e. The number of aromatic nitrogens is 3. The molecule has 108 valence electrons. The van der Waals surface area contributed by atoms with E-state index in [1.54, 1.807) is 35.7 Å². The highest BCUT2D eigenvalue weighted by atomic mass is 32.1. The van der Waals surface area contributed by atoms with Crippen LogP contribution in [0, 0.1) is 6.92 Å². The fourth-order valence-corrected chi connectivity index (χ4v) is 4.20. The van der Waals surface area contributed by atoms with Crippen molar-refractivity contribution >= 4 is 54.1 Å². The van der Waals surface area contributed by atoms with Crippen LogP contribution in [0.15, 0.2) is 36.5 Å². The summed E-state index contributed by atoms with van der Waals surface area (Å²) in [6.45, 7) is 1.99. The lowest BCUT2D eigenvalue weighted by Gasteiger charge is -1.99. The lowest BCUT2D eigenvalue weighted by atomic mass is 10.3. The molecule has 0 atom stereocenters. The predicted molar refractivity (Wildman–Crippen MR) is 89.7 cm³/mol. The molecule has 0 fully saturated rings. The summed E-state index contributed by atoms with van der Waals surface area (Å²) in [5, 5.41) is 4.41. The number of thiazole rings is 2. The lowest BCUT2D eigenvalue weighted by molar-refractivity contribution is 0.102. The van der Waals surface area contributed by atoms with Crippen LogP contribution in [0.25, 0.3) is 20.4 Å². The molecule has 0 spiro atoms. The van der Waals surface area contributed by atoms with E-state index >= 15 is 0 Å². The number of benzene rings is 1. The fraction of sp³-hybridized carbons (Fsp3) is 0.0667. The molecule has 0 aliphatic carbocycles. The quantitative estimate of drug-likeness (QED) is 0.607. The predicted octanol–water partition coefficient (Wildman–Crippen LogP) is 3.86. The molecule has 4 rings (SSSR count). The maximum atomic E-state index is 12.1. The van der Waals surface area contributed by atoms with Gasteiger partial charge in [0.25, 0.3) is 5.91 Å². The van der Waals surface area contributed by atoms with Crippen LogP contribution in [0.2, 0.25) is 0 Å². The molecule has 1 aromatic carbocycles. The molecule has 1 amide bonds. The molecular formula is C15H10N4OS2. The number of fused-ring (bicyclic) bond motifs is 3. The molecule has 3 heterocycles. The Bertz CT molecular complexity index is 991. The molecule has 0 bridgehead atoms. The van der Waals surface area contributed by atoms with Crippen LogP contribution < -0.4 is 5.32 Å². The number of carbonyl (C=O) groups excluding carboxylic acids is 1. The molecule has 7 heteroatoms. The number of hydrogen-bond acceptors (Lipinski definition) is 6. The van der Waals surface area contributed by atoms with Gasteiger partial charge in [-0.2, -0.15) is 0 Å². The summed E-state index contributed by atoms with van der Waals surface area (Å²) < 4.78 is 2.17. The molecule has 0 unspecified atom stereocenters. The second-order valence-electron chi connectivity index (χ2n) is 4.68. The van der Waals surface area contributed by atoms with E-state index in [9.17, 15) is 4.79 Å². The Morgan fingerprint density at radius 3 is 2.59 bits per heavy atom. The Kier molecular flexibility index (Phi) is 3.09. The van der Waals surface area contributed by atoms with Gasteiger partial charge in [-0.05, 0) is 31.2 Å².